The van der Waals surface area contributed by atoms with E-state index in [-0.39, 0.29) is 0 Å². The summed E-state index contributed by atoms with van der Waals surface area (Å²) in [6.07, 6.45) is 0.749. The van der Waals surface area contributed by atoms with Crippen molar-refractivity contribution in [1.29, 1.82) is 0 Å². The zero-order valence-corrected chi connectivity index (χ0v) is 10.3. The molecule has 5 heteroatoms. The van der Waals surface area contributed by atoms with E-state index in [1.807, 2.05) is 24.3 Å². The molecule has 0 fully saturated rings. The summed E-state index contributed by atoms with van der Waals surface area (Å²) < 4.78 is 5.06. The molecule has 1 aromatic heterocycles. The van der Waals surface area contributed by atoms with Crippen LogP contribution < -0.4 is 5.73 Å². The summed E-state index contributed by atoms with van der Waals surface area (Å²) >= 11 is 5.86. The minimum Gasteiger partial charge on any atom is -0.384 e. The SMILES string of the molecule is COCCc1[nH]nc(N)c1-c1ccc(Cl)cc1. The second-order valence-electron chi connectivity index (χ2n) is 3.71. The Hall–Kier alpha value is -1.52. The summed E-state index contributed by atoms with van der Waals surface area (Å²) in [6, 6.07) is 7.53. The van der Waals surface area contributed by atoms with Crippen LogP contribution in [-0.4, -0.2) is 23.9 Å². The second kappa shape index (κ2) is 5.21. The van der Waals surface area contributed by atoms with Gasteiger partial charge in [0.15, 0.2) is 5.82 Å². The number of rotatable bonds is 4. The van der Waals surface area contributed by atoms with E-state index in [2.05, 4.69) is 10.2 Å². The Morgan fingerprint density at radius 1 is 1.35 bits per heavy atom. The fourth-order valence-corrected chi connectivity index (χ4v) is 1.84. The molecule has 1 heterocycles. The summed E-state index contributed by atoms with van der Waals surface area (Å²) in [4.78, 5) is 0. The number of hydrogen-bond acceptors (Lipinski definition) is 3. The fraction of sp³-hybridized carbons (Fsp3) is 0.250. The number of benzene rings is 1. The fourth-order valence-electron chi connectivity index (χ4n) is 1.72. The highest BCUT2D eigenvalue weighted by atomic mass is 35.5. The van der Waals surface area contributed by atoms with Crippen LogP contribution >= 0.6 is 11.6 Å². The molecule has 0 aliphatic heterocycles. The Morgan fingerprint density at radius 2 is 2.06 bits per heavy atom. The van der Waals surface area contributed by atoms with Crippen LogP contribution in [0.25, 0.3) is 11.1 Å². The number of nitrogens with one attached hydrogen (secondary N) is 1. The predicted molar refractivity (Wildman–Crippen MR) is 69.0 cm³/mol. The van der Waals surface area contributed by atoms with Crippen LogP contribution in [0.5, 0.6) is 0 Å². The molecule has 0 aliphatic rings. The van der Waals surface area contributed by atoms with Crippen LogP contribution in [0.3, 0.4) is 0 Å². The Labute approximate surface area is 105 Å². The van der Waals surface area contributed by atoms with Gasteiger partial charge in [-0.05, 0) is 17.7 Å². The first kappa shape index (κ1) is 12.0. The molecular weight excluding hydrogens is 238 g/mol. The first-order valence-electron chi connectivity index (χ1n) is 5.30. The van der Waals surface area contributed by atoms with Crippen molar-refractivity contribution < 1.29 is 4.74 Å². The average molecular weight is 252 g/mol. The molecule has 2 rings (SSSR count). The molecule has 0 radical (unpaired) electrons. The summed E-state index contributed by atoms with van der Waals surface area (Å²) in [7, 11) is 1.67. The molecule has 0 saturated carbocycles. The molecule has 0 aliphatic carbocycles. The standard InChI is InChI=1S/C12H14ClN3O/c1-17-7-6-10-11(12(14)16-15-10)8-2-4-9(13)5-3-8/h2-5H,6-7H2,1H3,(H3,14,15,16). The third-order valence-electron chi connectivity index (χ3n) is 2.56. The third kappa shape index (κ3) is 2.60. The lowest BCUT2D eigenvalue weighted by Crippen LogP contribution is -1.97. The van der Waals surface area contributed by atoms with E-state index in [1.54, 1.807) is 7.11 Å². The van der Waals surface area contributed by atoms with Crippen molar-refractivity contribution in [2.45, 2.75) is 6.42 Å². The van der Waals surface area contributed by atoms with Crippen molar-refractivity contribution in [1.82, 2.24) is 10.2 Å². The van der Waals surface area contributed by atoms with E-state index in [4.69, 9.17) is 22.1 Å². The van der Waals surface area contributed by atoms with Crippen LogP contribution in [0.2, 0.25) is 5.02 Å². The van der Waals surface area contributed by atoms with Crippen molar-refractivity contribution >= 4 is 17.4 Å². The number of nitrogen functional groups attached to an aromatic ring is 1. The summed E-state index contributed by atoms with van der Waals surface area (Å²) in [5, 5.41) is 7.67. The van der Waals surface area contributed by atoms with E-state index in [1.165, 1.54) is 0 Å². The van der Waals surface area contributed by atoms with E-state index in [0.29, 0.717) is 17.4 Å². The predicted octanol–water partition coefficient (Wildman–Crippen LogP) is 2.50. The summed E-state index contributed by atoms with van der Waals surface area (Å²) in [6.45, 7) is 0.627. The number of aromatic nitrogens is 2. The quantitative estimate of drug-likeness (QED) is 0.878. The highest BCUT2D eigenvalue weighted by Crippen LogP contribution is 2.29. The lowest BCUT2D eigenvalue weighted by molar-refractivity contribution is 0.201. The largest absolute Gasteiger partial charge is 0.384 e. The minimum absolute atomic E-state index is 0.499. The molecule has 0 saturated heterocycles. The normalized spacial score (nSPS) is 10.7. The number of hydrogen-bond donors (Lipinski definition) is 2. The van der Waals surface area contributed by atoms with E-state index in [9.17, 15) is 0 Å². The van der Waals surface area contributed by atoms with Gasteiger partial charge >= 0.3 is 0 Å². The molecular formula is C12H14ClN3O. The molecule has 17 heavy (non-hydrogen) atoms. The number of methoxy groups -OCH3 is 1. The van der Waals surface area contributed by atoms with Gasteiger partial charge in [-0.15, -0.1) is 0 Å². The molecule has 1 aromatic carbocycles. The highest BCUT2D eigenvalue weighted by Gasteiger charge is 2.12. The minimum atomic E-state index is 0.499. The number of ether oxygens (including phenoxy) is 1. The maximum atomic E-state index is 5.87. The molecule has 90 valence electrons. The van der Waals surface area contributed by atoms with Crippen LogP contribution in [0.15, 0.2) is 24.3 Å². The lowest BCUT2D eigenvalue weighted by Gasteiger charge is -2.04. The molecule has 2 aromatic rings. The van der Waals surface area contributed by atoms with Gasteiger partial charge in [0.1, 0.15) is 0 Å². The highest BCUT2D eigenvalue weighted by molar-refractivity contribution is 6.30. The number of H-pyrrole nitrogens is 1. The third-order valence-corrected chi connectivity index (χ3v) is 2.81. The first-order valence-corrected chi connectivity index (χ1v) is 5.67. The summed E-state index contributed by atoms with van der Waals surface area (Å²) in [5.41, 5.74) is 8.78. The number of nitrogens with zero attached hydrogens (tertiary/aromatic N) is 1. The topological polar surface area (TPSA) is 63.9 Å². The van der Waals surface area contributed by atoms with Crippen molar-refractivity contribution in [3.63, 3.8) is 0 Å². The Morgan fingerprint density at radius 3 is 2.71 bits per heavy atom. The van der Waals surface area contributed by atoms with Crippen LogP contribution in [0.4, 0.5) is 5.82 Å². The number of anilines is 1. The number of aromatic amines is 1. The smallest absolute Gasteiger partial charge is 0.153 e. The van der Waals surface area contributed by atoms with Gasteiger partial charge in [-0.1, -0.05) is 23.7 Å². The maximum Gasteiger partial charge on any atom is 0.153 e. The monoisotopic (exact) mass is 251 g/mol. The Kier molecular flexibility index (Phi) is 3.66. The van der Waals surface area contributed by atoms with Gasteiger partial charge in [0, 0.05) is 29.8 Å². The van der Waals surface area contributed by atoms with Gasteiger partial charge in [0.05, 0.1) is 6.61 Å². The second-order valence-corrected chi connectivity index (χ2v) is 4.15. The van der Waals surface area contributed by atoms with Gasteiger partial charge in [-0.25, -0.2) is 0 Å². The molecule has 0 unspecified atom stereocenters. The number of halogens is 1. The Balaban J connectivity index is 2.36. The Bertz CT molecular complexity index is 493. The van der Waals surface area contributed by atoms with Crippen molar-refractivity contribution in [3.05, 3.63) is 35.0 Å². The van der Waals surface area contributed by atoms with Crippen molar-refractivity contribution in [2.75, 3.05) is 19.5 Å². The molecule has 0 amide bonds. The van der Waals surface area contributed by atoms with E-state index >= 15 is 0 Å². The zero-order valence-electron chi connectivity index (χ0n) is 9.53. The molecule has 3 N–H and O–H groups in total. The van der Waals surface area contributed by atoms with Crippen molar-refractivity contribution in [2.24, 2.45) is 0 Å². The average Bonchev–Trinajstić information content (AvgIpc) is 2.69. The van der Waals surface area contributed by atoms with Gasteiger partial charge in [-0.2, -0.15) is 5.10 Å². The van der Waals surface area contributed by atoms with Gasteiger partial charge < -0.3 is 10.5 Å². The van der Waals surface area contributed by atoms with E-state index in [0.717, 1.165) is 23.2 Å². The van der Waals surface area contributed by atoms with Crippen molar-refractivity contribution in [3.8, 4) is 11.1 Å². The van der Waals surface area contributed by atoms with Gasteiger partial charge in [-0.3, -0.25) is 5.10 Å². The maximum absolute atomic E-state index is 5.87. The van der Waals surface area contributed by atoms with Crippen LogP contribution in [0.1, 0.15) is 5.69 Å². The van der Waals surface area contributed by atoms with E-state index < -0.39 is 0 Å². The molecule has 0 atom stereocenters. The number of nitrogens with two attached hydrogens (primary N) is 1. The molecule has 0 bridgehead atoms. The molecule has 4 nitrogen and oxygen atoms in total. The van der Waals surface area contributed by atoms with Gasteiger partial charge in [0.2, 0.25) is 0 Å². The zero-order chi connectivity index (χ0) is 12.3. The van der Waals surface area contributed by atoms with Crippen LogP contribution in [0, 0.1) is 0 Å². The molecule has 0 spiro atoms. The van der Waals surface area contributed by atoms with Gasteiger partial charge in [0.25, 0.3) is 0 Å². The lowest BCUT2D eigenvalue weighted by atomic mass is 10.0. The first-order chi connectivity index (χ1) is 8.22. The van der Waals surface area contributed by atoms with Crippen LogP contribution in [-0.2, 0) is 11.2 Å². The summed E-state index contributed by atoms with van der Waals surface area (Å²) in [5.74, 6) is 0.499.